The van der Waals surface area contributed by atoms with Gasteiger partial charge in [0.2, 0.25) is 17.7 Å². The normalized spacial score (nSPS) is 20.7. The van der Waals surface area contributed by atoms with Gasteiger partial charge in [0.25, 0.3) is 0 Å². The van der Waals surface area contributed by atoms with Gasteiger partial charge in [0, 0.05) is 18.7 Å². The number of nitrogens with one attached hydrogen (secondary N) is 4. The van der Waals surface area contributed by atoms with Crippen LogP contribution in [0.15, 0.2) is 30.6 Å². The predicted octanol–water partition coefficient (Wildman–Crippen LogP) is 0.935. The van der Waals surface area contributed by atoms with E-state index in [-0.39, 0.29) is 30.6 Å². The van der Waals surface area contributed by atoms with Crippen molar-refractivity contribution < 1.29 is 24.3 Å². The van der Waals surface area contributed by atoms with Gasteiger partial charge in [-0.3, -0.25) is 29.2 Å². The van der Waals surface area contributed by atoms with Crippen LogP contribution < -0.4 is 20.9 Å². The van der Waals surface area contributed by atoms with Gasteiger partial charge in [-0.15, -0.1) is 0 Å². The van der Waals surface area contributed by atoms with Crippen molar-refractivity contribution in [2.75, 3.05) is 11.9 Å². The van der Waals surface area contributed by atoms with Gasteiger partial charge in [-0.2, -0.15) is 5.10 Å². The first-order chi connectivity index (χ1) is 18.2. The first-order valence-corrected chi connectivity index (χ1v) is 13.1. The smallest absolute Gasteiger partial charge is 0.305 e. The zero-order valence-electron chi connectivity index (χ0n) is 22.0. The second kappa shape index (κ2) is 11.8. The number of nitrogens with zero attached hydrogens (tertiary/aromatic N) is 2. The van der Waals surface area contributed by atoms with Crippen molar-refractivity contribution in [3.63, 3.8) is 0 Å². The average Bonchev–Trinajstić information content (AvgIpc) is 3.51. The third-order valence-corrected chi connectivity index (χ3v) is 7.64. The molecule has 2 aromatic rings. The van der Waals surface area contributed by atoms with Crippen molar-refractivity contribution in [1.29, 1.82) is 0 Å². The van der Waals surface area contributed by atoms with Crippen LogP contribution in [0.2, 0.25) is 0 Å². The highest BCUT2D eigenvalue weighted by Crippen LogP contribution is 2.39. The number of para-hydroxylation sites is 1. The zero-order valence-corrected chi connectivity index (χ0v) is 22.0. The number of aryl methyl sites for hydroxylation is 1. The van der Waals surface area contributed by atoms with Gasteiger partial charge in [0.15, 0.2) is 0 Å². The van der Waals surface area contributed by atoms with Crippen LogP contribution in [0.4, 0.5) is 5.69 Å². The van der Waals surface area contributed by atoms with Gasteiger partial charge < -0.3 is 21.1 Å². The minimum atomic E-state index is -1.04. The van der Waals surface area contributed by atoms with Crippen LogP contribution in [0.3, 0.4) is 0 Å². The number of H-pyrrole nitrogens is 1. The van der Waals surface area contributed by atoms with E-state index < -0.39 is 36.0 Å². The second-order valence-electron chi connectivity index (χ2n) is 10.2. The van der Waals surface area contributed by atoms with E-state index >= 15 is 0 Å². The number of aliphatic carboxylic acids is 1. The summed E-state index contributed by atoms with van der Waals surface area (Å²) in [5.41, 5.74) is 3.34. The van der Waals surface area contributed by atoms with Crippen molar-refractivity contribution in [2.24, 2.45) is 5.92 Å². The minimum Gasteiger partial charge on any atom is -0.481 e. The van der Waals surface area contributed by atoms with E-state index in [2.05, 4.69) is 26.1 Å². The number of rotatable bonds is 11. The summed E-state index contributed by atoms with van der Waals surface area (Å²) in [6.07, 6.45) is 5.38. The monoisotopic (exact) mass is 524 g/mol. The zero-order chi connectivity index (χ0) is 27.4. The maximum absolute atomic E-state index is 13.9. The number of carboxylic acids is 1. The molecule has 38 heavy (non-hydrogen) atoms. The Morgan fingerprint density at radius 1 is 1.26 bits per heavy atom. The predicted molar refractivity (Wildman–Crippen MR) is 140 cm³/mol. The number of carboxylic acid groups (broad SMARTS) is 1. The Kier molecular flexibility index (Phi) is 8.45. The summed E-state index contributed by atoms with van der Waals surface area (Å²) in [6.45, 7) is 3.99. The number of carbonyl (C=O) groups excluding carboxylic acids is 3. The van der Waals surface area contributed by atoms with Gasteiger partial charge in [-0.05, 0) is 48.9 Å². The van der Waals surface area contributed by atoms with Crippen LogP contribution in [-0.2, 0) is 38.4 Å². The number of aromatic amines is 1. The maximum Gasteiger partial charge on any atom is 0.305 e. The molecule has 0 radical (unpaired) electrons. The fraction of sp³-hybridized carbons (Fsp3) is 0.519. The Bertz CT molecular complexity index is 1180. The highest BCUT2D eigenvalue weighted by molar-refractivity contribution is 6.08. The Morgan fingerprint density at radius 2 is 2.03 bits per heavy atom. The number of anilines is 1. The molecular formula is C27H36N6O5. The Morgan fingerprint density at radius 3 is 2.68 bits per heavy atom. The lowest BCUT2D eigenvalue weighted by molar-refractivity contribution is -0.138. The Balaban J connectivity index is 1.57. The highest BCUT2D eigenvalue weighted by Gasteiger charge is 2.44. The summed E-state index contributed by atoms with van der Waals surface area (Å²) < 4.78 is 0. The molecule has 11 heteroatoms. The fourth-order valence-electron chi connectivity index (χ4n) is 5.50. The van der Waals surface area contributed by atoms with Gasteiger partial charge in [0.1, 0.15) is 12.1 Å². The molecule has 1 aromatic heterocycles. The Labute approximate surface area is 221 Å². The fourth-order valence-corrected chi connectivity index (χ4v) is 5.50. The molecule has 0 spiro atoms. The molecule has 5 atom stereocenters. The molecule has 0 aliphatic carbocycles. The van der Waals surface area contributed by atoms with E-state index in [1.54, 1.807) is 19.4 Å². The first-order valence-electron chi connectivity index (χ1n) is 13.1. The SMILES string of the molecule is CC[C@H](C)[C@H](NC)C(=O)NC1CCc2cccc3c2N(C1=O)[C@H](C(=O)N[C@@H](CC(=O)O)Cc1cn[nH]c1)C3. The molecule has 4 rings (SSSR count). The molecule has 11 nitrogen and oxygen atoms in total. The van der Waals surface area contributed by atoms with Crippen LogP contribution in [0.5, 0.6) is 0 Å². The molecule has 2 aliphatic heterocycles. The van der Waals surface area contributed by atoms with Crippen LogP contribution in [0.1, 0.15) is 49.8 Å². The third-order valence-electron chi connectivity index (χ3n) is 7.64. The molecule has 3 amide bonds. The average molecular weight is 525 g/mol. The van der Waals surface area contributed by atoms with Crippen LogP contribution in [0, 0.1) is 5.92 Å². The van der Waals surface area contributed by atoms with Crippen molar-refractivity contribution >= 4 is 29.4 Å². The molecule has 0 saturated heterocycles. The molecule has 2 aliphatic rings. The molecule has 5 N–H and O–H groups in total. The summed E-state index contributed by atoms with van der Waals surface area (Å²) in [4.78, 5) is 53.6. The van der Waals surface area contributed by atoms with Gasteiger partial charge in [-0.25, -0.2) is 0 Å². The summed E-state index contributed by atoms with van der Waals surface area (Å²) >= 11 is 0. The van der Waals surface area contributed by atoms with E-state index in [4.69, 9.17) is 0 Å². The van der Waals surface area contributed by atoms with Crippen molar-refractivity contribution in [3.8, 4) is 0 Å². The lowest BCUT2D eigenvalue weighted by Crippen LogP contribution is -2.58. The molecule has 0 bridgehead atoms. The molecule has 204 valence electrons. The number of aromatic nitrogens is 2. The first kappa shape index (κ1) is 27.3. The number of likely N-dealkylation sites (N-methyl/N-ethyl adjacent to an activating group) is 1. The summed E-state index contributed by atoms with van der Waals surface area (Å²) in [5.74, 6) is -1.95. The maximum atomic E-state index is 13.9. The number of carbonyl (C=O) groups is 4. The van der Waals surface area contributed by atoms with Crippen molar-refractivity contribution in [2.45, 2.75) is 76.5 Å². The quantitative estimate of drug-likeness (QED) is 0.293. The summed E-state index contributed by atoms with van der Waals surface area (Å²) in [7, 11) is 1.73. The molecule has 1 unspecified atom stereocenters. The van der Waals surface area contributed by atoms with E-state index in [0.29, 0.717) is 19.3 Å². The number of benzene rings is 1. The van der Waals surface area contributed by atoms with Crippen molar-refractivity contribution in [1.82, 2.24) is 26.1 Å². The second-order valence-corrected chi connectivity index (χ2v) is 10.2. The van der Waals surface area contributed by atoms with Gasteiger partial charge in [0.05, 0.1) is 24.3 Å². The van der Waals surface area contributed by atoms with Crippen LogP contribution >= 0.6 is 0 Å². The standard InChI is InChI=1S/C27H36N6O5/c1-4-15(2)23(28-3)26(37)32-20-9-8-17-6-5-7-18-11-21(33(24(17)18)27(20)38)25(36)31-19(12-22(34)35)10-16-13-29-30-14-16/h5-7,13-15,19-21,23,28H,4,8-12H2,1-3H3,(H,29,30)(H,31,36)(H,32,37)(H,34,35)/t15-,19+,20?,21-,23-/m0/s1. The van der Waals surface area contributed by atoms with Crippen LogP contribution in [-0.4, -0.2) is 70.2 Å². The summed E-state index contributed by atoms with van der Waals surface area (Å²) in [5, 5.41) is 24.9. The third kappa shape index (κ3) is 5.72. The lowest BCUT2D eigenvalue weighted by atomic mass is 9.97. The molecule has 3 heterocycles. The molecule has 0 fully saturated rings. The van der Waals surface area contributed by atoms with E-state index in [0.717, 1.165) is 28.8 Å². The molecule has 0 saturated carbocycles. The van der Waals surface area contributed by atoms with E-state index in [1.165, 1.54) is 4.90 Å². The molecule has 1 aromatic carbocycles. The van der Waals surface area contributed by atoms with E-state index in [9.17, 15) is 24.3 Å². The van der Waals surface area contributed by atoms with E-state index in [1.807, 2.05) is 32.0 Å². The van der Waals surface area contributed by atoms with Gasteiger partial charge in [-0.1, -0.05) is 38.5 Å². The van der Waals surface area contributed by atoms with Crippen LogP contribution in [0.25, 0.3) is 0 Å². The largest absolute Gasteiger partial charge is 0.481 e. The van der Waals surface area contributed by atoms with Crippen molar-refractivity contribution in [3.05, 3.63) is 47.3 Å². The topological polar surface area (TPSA) is 157 Å². The minimum absolute atomic E-state index is 0.0800. The highest BCUT2D eigenvalue weighted by atomic mass is 16.4. The molecular weight excluding hydrogens is 488 g/mol. The number of amides is 3. The number of hydrogen-bond donors (Lipinski definition) is 5. The summed E-state index contributed by atoms with van der Waals surface area (Å²) in [6, 6.07) is 3.04. The lowest BCUT2D eigenvalue weighted by Gasteiger charge is -2.30. The number of hydrogen-bond acceptors (Lipinski definition) is 6. The Hall–Kier alpha value is -3.73. The van der Waals surface area contributed by atoms with Gasteiger partial charge >= 0.3 is 5.97 Å².